The van der Waals surface area contributed by atoms with E-state index in [1.54, 1.807) is 0 Å². The Labute approximate surface area is 92.3 Å². The number of likely N-dealkylation sites (N-methyl/N-ethyl adjacent to an activating group) is 1. The van der Waals surface area contributed by atoms with Gasteiger partial charge in [-0.15, -0.1) is 0 Å². The van der Waals surface area contributed by atoms with Crippen molar-refractivity contribution in [2.75, 3.05) is 14.1 Å². The number of hydrogen-bond acceptors (Lipinski definition) is 2. The van der Waals surface area contributed by atoms with Gasteiger partial charge in [-0.1, -0.05) is 6.07 Å². The van der Waals surface area contributed by atoms with Crippen LogP contribution in [0.2, 0.25) is 0 Å². The molecule has 0 aliphatic heterocycles. The largest absolute Gasteiger partial charge is 0.480 e. The van der Waals surface area contributed by atoms with Gasteiger partial charge in [-0.05, 0) is 27.1 Å². The third-order valence-electron chi connectivity index (χ3n) is 2.77. The molecular weight excluding hydrogens is 216 g/mol. The number of aliphatic carboxylic acids is 1. The fourth-order valence-corrected chi connectivity index (χ4v) is 1.43. The van der Waals surface area contributed by atoms with Crippen molar-refractivity contribution in [3.05, 3.63) is 35.4 Å². The predicted molar refractivity (Wildman–Crippen MR) is 55.0 cm³/mol. The molecule has 0 fully saturated rings. The molecule has 0 saturated carbocycles. The Morgan fingerprint density at radius 2 is 1.94 bits per heavy atom. The highest BCUT2D eigenvalue weighted by molar-refractivity contribution is 5.80. The Balaban J connectivity index is 3.38. The molecule has 1 aromatic carbocycles. The highest BCUT2D eigenvalue weighted by Gasteiger charge is 2.39. The van der Waals surface area contributed by atoms with E-state index in [0.717, 1.165) is 12.1 Å². The van der Waals surface area contributed by atoms with Crippen LogP contribution in [0.4, 0.5) is 8.78 Å². The van der Waals surface area contributed by atoms with E-state index in [0.29, 0.717) is 6.07 Å². The maximum atomic E-state index is 13.5. The summed E-state index contributed by atoms with van der Waals surface area (Å²) in [4.78, 5) is 12.6. The van der Waals surface area contributed by atoms with Crippen molar-refractivity contribution < 1.29 is 18.7 Å². The van der Waals surface area contributed by atoms with Crippen molar-refractivity contribution in [1.82, 2.24) is 4.90 Å². The van der Waals surface area contributed by atoms with Gasteiger partial charge < -0.3 is 5.11 Å². The van der Waals surface area contributed by atoms with E-state index in [9.17, 15) is 13.6 Å². The summed E-state index contributed by atoms with van der Waals surface area (Å²) in [7, 11) is 3.05. The predicted octanol–water partition coefficient (Wildman–Crippen LogP) is 1.83. The quantitative estimate of drug-likeness (QED) is 0.859. The van der Waals surface area contributed by atoms with E-state index >= 15 is 0 Å². The standard InChI is InChI=1S/C11H13F2NO2/c1-11(10(15)16,14(2)3)8-5-4-7(12)6-9(8)13/h4-6H,1-3H3,(H,15,16). The van der Waals surface area contributed by atoms with E-state index in [1.807, 2.05) is 0 Å². The molecule has 0 radical (unpaired) electrons. The molecule has 0 amide bonds. The molecule has 16 heavy (non-hydrogen) atoms. The van der Waals surface area contributed by atoms with Crippen LogP contribution in [-0.4, -0.2) is 30.1 Å². The first-order chi connectivity index (χ1) is 7.30. The summed E-state index contributed by atoms with van der Waals surface area (Å²) < 4.78 is 26.3. The average Bonchev–Trinajstić information content (AvgIpc) is 2.15. The Morgan fingerprint density at radius 1 is 1.38 bits per heavy atom. The van der Waals surface area contributed by atoms with Crippen LogP contribution in [0.1, 0.15) is 12.5 Å². The first-order valence-electron chi connectivity index (χ1n) is 4.66. The zero-order valence-corrected chi connectivity index (χ0v) is 9.29. The Bertz CT molecular complexity index is 420. The van der Waals surface area contributed by atoms with E-state index < -0.39 is 23.1 Å². The zero-order valence-electron chi connectivity index (χ0n) is 9.29. The monoisotopic (exact) mass is 229 g/mol. The van der Waals surface area contributed by atoms with Crippen molar-refractivity contribution in [2.24, 2.45) is 0 Å². The topological polar surface area (TPSA) is 40.5 Å². The van der Waals surface area contributed by atoms with Crippen LogP contribution < -0.4 is 0 Å². The molecule has 5 heteroatoms. The van der Waals surface area contributed by atoms with E-state index in [-0.39, 0.29) is 5.56 Å². The van der Waals surface area contributed by atoms with Crippen molar-refractivity contribution >= 4 is 5.97 Å². The fourth-order valence-electron chi connectivity index (χ4n) is 1.43. The molecule has 1 unspecified atom stereocenters. The summed E-state index contributed by atoms with van der Waals surface area (Å²) in [6, 6.07) is 2.88. The molecule has 0 bridgehead atoms. The van der Waals surface area contributed by atoms with Crippen molar-refractivity contribution in [1.29, 1.82) is 0 Å². The Kier molecular flexibility index (Phi) is 3.28. The number of halogens is 2. The number of carboxylic acid groups (broad SMARTS) is 1. The van der Waals surface area contributed by atoms with Gasteiger partial charge in [-0.2, -0.15) is 0 Å². The number of hydrogen-bond donors (Lipinski definition) is 1. The van der Waals surface area contributed by atoms with Crippen LogP contribution in [-0.2, 0) is 10.3 Å². The van der Waals surface area contributed by atoms with Crippen molar-refractivity contribution in [2.45, 2.75) is 12.5 Å². The van der Waals surface area contributed by atoms with E-state index in [2.05, 4.69) is 0 Å². The van der Waals surface area contributed by atoms with Crippen molar-refractivity contribution in [3.8, 4) is 0 Å². The summed E-state index contributed by atoms with van der Waals surface area (Å²) >= 11 is 0. The molecule has 0 aromatic heterocycles. The lowest BCUT2D eigenvalue weighted by atomic mass is 9.90. The molecular formula is C11H13F2NO2. The van der Waals surface area contributed by atoms with Gasteiger partial charge in [0.25, 0.3) is 0 Å². The number of carboxylic acids is 1. The minimum atomic E-state index is -1.52. The van der Waals surface area contributed by atoms with Gasteiger partial charge in [-0.25, -0.2) is 13.6 Å². The van der Waals surface area contributed by atoms with E-state index in [1.165, 1.54) is 25.9 Å². The minimum Gasteiger partial charge on any atom is -0.480 e. The number of rotatable bonds is 3. The molecule has 0 spiro atoms. The maximum Gasteiger partial charge on any atom is 0.328 e. The molecule has 0 heterocycles. The Morgan fingerprint density at radius 3 is 2.31 bits per heavy atom. The molecule has 1 aromatic rings. The Hall–Kier alpha value is -1.49. The number of carbonyl (C=O) groups is 1. The molecule has 1 atom stereocenters. The second-order valence-corrected chi connectivity index (χ2v) is 3.90. The fraction of sp³-hybridized carbons (Fsp3) is 0.364. The lowest BCUT2D eigenvalue weighted by Gasteiger charge is -2.32. The van der Waals surface area contributed by atoms with Gasteiger partial charge in [0.15, 0.2) is 0 Å². The third kappa shape index (κ3) is 1.90. The summed E-state index contributed by atoms with van der Waals surface area (Å²) in [6.45, 7) is 1.37. The van der Waals surface area contributed by atoms with E-state index in [4.69, 9.17) is 5.11 Å². The van der Waals surface area contributed by atoms with Gasteiger partial charge in [-0.3, -0.25) is 4.90 Å². The summed E-state index contributed by atoms with van der Waals surface area (Å²) in [6.07, 6.45) is 0. The lowest BCUT2D eigenvalue weighted by Crippen LogP contribution is -2.46. The first-order valence-corrected chi connectivity index (χ1v) is 4.66. The third-order valence-corrected chi connectivity index (χ3v) is 2.77. The highest BCUT2D eigenvalue weighted by Crippen LogP contribution is 2.29. The molecule has 88 valence electrons. The molecule has 1 rings (SSSR count). The SMILES string of the molecule is CN(C)C(C)(C(=O)O)c1ccc(F)cc1F. The van der Waals surface area contributed by atoms with Gasteiger partial charge >= 0.3 is 5.97 Å². The normalized spacial score (nSPS) is 14.9. The molecule has 0 aliphatic rings. The van der Waals surface area contributed by atoms with Crippen LogP contribution in [0.3, 0.4) is 0 Å². The number of nitrogens with zero attached hydrogens (tertiary/aromatic N) is 1. The minimum absolute atomic E-state index is 0.0635. The lowest BCUT2D eigenvalue weighted by molar-refractivity contribution is -0.149. The van der Waals surface area contributed by atoms with Crippen LogP contribution in [0.5, 0.6) is 0 Å². The maximum absolute atomic E-state index is 13.5. The van der Waals surface area contributed by atoms with Crippen LogP contribution >= 0.6 is 0 Å². The van der Waals surface area contributed by atoms with Crippen LogP contribution in [0, 0.1) is 11.6 Å². The average molecular weight is 229 g/mol. The molecule has 1 N–H and O–H groups in total. The van der Waals surface area contributed by atoms with Crippen LogP contribution in [0.25, 0.3) is 0 Å². The summed E-state index contributed by atoms with van der Waals surface area (Å²) in [5, 5.41) is 9.15. The summed E-state index contributed by atoms with van der Waals surface area (Å²) in [5.41, 5.74) is -1.58. The highest BCUT2D eigenvalue weighted by atomic mass is 19.1. The van der Waals surface area contributed by atoms with Gasteiger partial charge in [0.05, 0.1) is 0 Å². The second kappa shape index (κ2) is 4.17. The van der Waals surface area contributed by atoms with Gasteiger partial charge in [0.1, 0.15) is 17.2 Å². The van der Waals surface area contributed by atoms with Crippen molar-refractivity contribution in [3.63, 3.8) is 0 Å². The van der Waals surface area contributed by atoms with Gasteiger partial charge in [0.2, 0.25) is 0 Å². The van der Waals surface area contributed by atoms with Gasteiger partial charge in [0, 0.05) is 11.6 Å². The smallest absolute Gasteiger partial charge is 0.328 e. The first kappa shape index (κ1) is 12.6. The molecule has 3 nitrogen and oxygen atoms in total. The molecule has 0 aliphatic carbocycles. The second-order valence-electron chi connectivity index (χ2n) is 3.90. The van der Waals surface area contributed by atoms with Crippen LogP contribution in [0.15, 0.2) is 18.2 Å². The zero-order chi connectivity index (χ0) is 12.5. The number of benzene rings is 1. The molecule has 0 saturated heterocycles. The summed E-state index contributed by atoms with van der Waals surface area (Å²) in [5.74, 6) is -2.78.